The normalized spacial score (nSPS) is 16.5. The molecule has 2 aromatic heterocycles. The SMILES string of the molecule is Cc1cc(-c2ccc[nH]2)nc(C2(C(=O)O)CC2)n1. The van der Waals surface area contributed by atoms with E-state index in [1.54, 1.807) is 0 Å². The van der Waals surface area contributed by atoms with Gasteiger partial charge in [-0.15, -0.1) is 0 Å². The Morgan fingerprint density at radius 2 is 2.22 bits per heavy atom. The van der Waals surface area contributed by atoms with Crippen molar-refractivity contribution < 1.29 is 9.90 Å². The van der Waals surface area contributed by atoms with Crippen molar-refractivity contribution in [2.24, 2.45) is 0 Å². The van der Waals surface area contributed by atoms with Gasteiger partial charge in [-0.2, -0.15) is 0 Å². The third-order valence-electron chi connectivity index (χ3n) is 3.32. The van der Waals surface area contributed by atoms with Gasteiger partial charge >= 0.3 is 5.97 Å². The fraction of sp³-hybridized carbons (Fsp3) is 0.308. The molecule has 0 radical (unpaired) electrons. The van der Waals surface area contributed by atoms with Crippen molar-refractivity contribution in [3.63, 3.8) is 0 Å². The first-order valence-corrected chi connectivity index (χ1v) is 5.85. The average Bonchev–Trinajstić information content (AvgIpc) is 2.97. The Kier molecular flexibility index (Phi) is 2.23. The minimum atomic E-state index is -0.854. The van der Waals surface area contributed by atoms with Gasteiger partial charge in [0.05, 0.1) is 11.4 Å². The maximum atomic E-state index is 11.3. The van der Waals surface area contributed by atoms with Crippen LogP contribution in [0, 0.1) is 6.92 Å². The fourth-order valence-corrected chi connectivity index (χ4v) is 2.07. The van der Waals surface area contributed by atoms with E-state index in [1.807, 2.05) is 31.3 Å². The summed E-state index contributed by atoms with van der Waals surface area (Å²) in [5.74, 6) is -0.398. The van der Waals surface area contributed by atoms with Crippen molar-refractivity contribution in [2.45, 2.75) is 25.2 Å². The predicted octanol–water partition coefficient (Wildman–Crippen LogP) is 1.90. The Morgan fingerprint density at radius 3 is 2.78 bits per heavy atom. The van der Waals surface area contributed by atoms with Crippen molar-refractivity contribution in [1.29, 1.82) is 0 Å². The van der Waals surface area contributed by atoms with Crippen LogP contribution in [0.2, 0.25) is 0 Å². The second-order valence-corrected chi connectivity index (χ2v) is 4.69. The first-order valence-electron chi connectivity index (χ1n) is 5.85. The number of nitrogens with zero attached hydrogens (tertiary/aromatic N) is 2. The molecule has 5 nitrogen and oxygen atoms in total. The summed E-state index contributed by atoms with van der Waals surface area (Å²) in [4.78, 5) is 23.1. The van der Waals surface area contributed by atoms with Crippen LogP contribution in [0.15, 0.2) is 24.4 Å². The van der Waals surface area contributed by atoms with Crippen molar-refractivity contribution in [2.75, 3.05) is 0 Å². The molecule has 92 valence electrons. The Hall–Kier alpha value is -2.17. The predicted molar refractivity (Wildman–Crippen MR) is 65.1 cm³/mol. The molecule has 1 aliphatic rings. The maximum Gasteiger partial charge on any atom is 0.317 e. The summed E-state index contributed by atoms with van der Waals surface area (Å²) in [6.07, 6.45) is 3.06. The minimum Gasteiger partial charge on any atom is -0.480 e. The van der Waals surface area contributed by atoms with E-state index in [4.69, 9.17) is 0 Å². The molecule has 1 fully saturated rings. The molecular formula is C13H13N3O2. The number of carbonyl (C=O) groups is 1. The van der Waals surface area contributed by atoms with Gasteiger partial charge < -0.3 is 10.1 Å². The quantitative estimate of drug-likeness (QED) is 0.862. The third-order valence-corrected chi connectivity index (χ3v) is 3.32. The molecule has 18 heavy (non-hydrogen) atoms. The van der Waals surface area contributed by atoms with Gasteiger partial charge in [0.2, 0.25) is 0 Å². The van der Waals surface area contributed by atoms with E-state index in [1.165, 1.54) is 0 Å². The Labute approximate surface area is 104 Å². The summed E-state index contributed by atoms with van der Waals surface area (Å²) in [5.41, 5.74) is 1.56. The molecule has 0 bridgehead atoms. The van der Waals surface area contributed by atoms with Crippen LogP contribution in [0.4, 0.5) is 0 Å². The van der Waals surface area contributed by atoms with Crippen LogP contribution in [0.3, 0.4) is 0 Å². The molecule has 0 atom stereocenters. The molecule has 0 aliphatic heterocycles. The van der Waals surface area contributed by atoms with Gasteiger partial charge in [-0.05, 0) is 38.0 Å². The van der Waals surface area contributed by atoms with Crippen molar-refractivity contribution in [3.05, 3.63) is 35.9 Å². The summed E-state index contributed by atoms with van der Waals surface area (Å²) in [7, 11) is 0. The summed E-state index contributed by atoms with van der Waals surface area (Å²) in [6.45, 7) is 1.86. The first-order chi connectivity index (χ1) is 8.62. The average molecular weight is 243 g/mol. The number of aliphatic carboxylic acids is 1. The molecule has 2 heterocycles. The zero-order valence-electron chi connectivity index (χ0n) is 9.97. The number of carboxylic acid groups (broad SMARTS) is 1. The molecule has 2 N–H and O–H groups in total. The number of aryl methyl sites for hydroxylation is 1. The zero-order valence-corrected chi connectivity index (χ0v) is 9.97. The van der Waals surface area contributed by atoms with Gasteiger partial charge in [0.1, 0.15) is 11.2 Å². The molecule has 1 aliphatic carbocycles. The monoisotopic (exact) mass is 243 g/mol. The summed E-state index contributed by atoms with van der Waals surface area (Å²) >= 11 is 0. The lowest BCUT2D eigenvalue weighted by molar-refractivity contribution is -0.140. The third kappa shape index (κ3) is 1.59. The van der Waals surface area contributed by atoms with E-state index in [2.05, 4.69) is 15.0 Å². The number of aromatic nitrogens is 3. The van der Waals surface area contributed by atoms with Gasteiger partial charge in [0.25, 0.3) is 0 Å². The first kappa shape index (κ1) is 11.0. The van der Waals surface area contributed by atoms with Crippen LogP contribution >= 0.6 is 0 Å². The lowest BCUT2D eigenvalue weighted by atomic mass is 10.1. The summed E-state index contributed by atoms with van der Waals surface area (Å²) in [5, 5.41) is 9.28. The van der Waals surface area contributed by atoms with E-state index in [9.17, 15) is 9.90 Å². The molecule has 0 saturated heterocycles. The summed E-state index contributed by atoms with van der Waals surface area (Å²) in [6, 6.07) is 5.65. The van der Waals surface area contributed by atoms with Gasteiger partial charge in [-0.3, -0.25) is 4.79 Å². The number of hydrogen-bond acceptors (Lipinski definition) is 3. The molecule has 0 amide bonds. The van der Waals surface area contributed by atoms with Gasteiger partial charge in [0, 0.05) is 11.9 Å². The Morgan fingerprint density at radius 1 is 1.44 bits per heavy atom. The number of H-pyrrole nitrogens is 1. The van der Waals surface area contributed by atoms with Crippen LogP contribution in [0.25, 0.3) is 11.4 Å². The van der Waals surface area contributed by atoms with E-state index in [-0.39, 0.29) is 0 Å². The highest BCUT2D eigenvalue weighted by atomic mass is 16.4. The number of hydrogen-bond donors (Lipinski definition) is 2. The van der Waals surface area contributed by atoms with Crippen LogP contribution in [0.5, 0.6) is 0 Å². The fourth-order valence-electron chi connectivity index (χ4n) is 2.07. The maximum absolute atomic E-state index is 11.3. The largest absolute Gasteiger partial charge is 0.480 e. The number of carboxylic acids is 1. The molecule has 3 rings (SSSR count). The number of rotatable bonds is 3. The lowest BCUT2D eigenvalue weighted by Crippen LogP contribution is -2.23. The van der Waals surface area contributed by atoms with E-state index < -0.39 is 11.4 Å². The minimum absolute atomic E-state index is 0.430. The topological polar surface area (TPSA) is 78.9 Å². The number of aromatic amines is 1. The number of nitrogens with one attached hydrogen (secondary N) is 1. The molecule has 0 spiro atoms. The molecule has 0 unspecified atom stereocenters. The van der Waals surface area contributed by atoms with Crippen LogP contribution in [0.1, 0.15) is 24.4 Å². The zero-order chi connectivity index (χ0) is 12.8. The van der Waals surface area contributed by atoms with Crippen molar-refractivity contribution in [3.8, 4) is 11.4 Å². The van der Waals surface area contributed by atoms with Gasteiger partial charge in [-0.25, -0.2) is 9.97 Å². The van der Waals surface area contributed by atoms with Gasteiger partial charge in [-0.1, -0.05) is 0 Å². The standard InChI is InChI=1S/C13H13N3O2/c1-8-7-10(9-3-2-6-14-9)16-11(15-8)13(4-5-13)12(17)18/h2-3,6-7,14H,4-5H2,1H3,(H,17,18). The van der Waals surface area contributed by atoms with Crippen molar-refractivity contribution >= 4 is 5.97 Å². The van der Waals surface area contributed by atoms with Gasteiger partial charge in [0.15, 0.2) is 0 Å². The van der Waals surface area contributed by atoms with Crippen molar-refractivity contribution in [1.82, 2.24) is 15.0 Å². The molecule has 1 saturated carbocycles. The second-order valence-electron chi connectivity index (χ2n) is 4.69. The smallest absolute Gasteiger partial charge is 0.317 e. The molecular weight excluding hydrogens is 230 g/mol. The van der Waals surface area contributed by atoms with E-state index in [0.717, 1.165) is 17.1 Å². The highest BCUT2D eigenvalue weighted by molar-refractivity contribution is 5.83. The highest BCUT2D eigenvalue weighted by Gasteiger charge is 2.54. The van der Waals surface area contributed by atoms with Crippen LogP contribution in [-0.4, -0.2) is 26.0 Å². The molecule has 5 heteroatoms. The highest BCUT2D eigenvalue weighted by Crippen LogP contribution is 2.47. The second kappa shape index (κ2) is 3.66. The Balaban J connectivity index is 2.10. The molecule has 2 aromatic rings. The Bertz CT molecular complexity index is 601. The van der Waals surface area contributed by atoms with Crippen LogP contribution < -0.4 is 0 Å². The van der Waals surface area contributed by atoms with Crippen LogP contribution in [-0.2, 0) is 10.2 Å². The van der Waals surface area contributed by atoms with E-state index in [0.29, 0.717) is 18.7 Å². The lowest BCUT2D eigenvalue weighted by Gasteiger charge is -2.10. The summed E-state index contributed by atoms with van der Waals surface area (Å²) < 4.78 is 0. The van der Waals surface area contributed by atoms with E-state index >= 15 is 0 Å². The molecule has 0 aromatic carbocycles.